The minimum absolute atomic E-state index is 0.0471. The quantitative estimate of drug-likeness (QED) is 0.115. The summed E-state index contributed by atoms with van der Waals surface area (Å²) in [5.74, 6) is 0. The summed E-state index contributed by atoms with van der Waals surface area (Å²) in [4.78, 5) is 9.27. The van der Waals surface area contributed by atoms with Crippen LogP contribution in [-0.4, -0.2) is 14.1 Å². The first-order valence-electron chi connectivity index (χ1n) is 24.2. The number of alkyl halides is 9. The van der Waals surface area contributed by atoms with Gasteiger partial charge in [-0.15, -0.1) is 0 Å². The highest BCUT2D eigenvalue weighted by atomic mass is 19.4. The molecule has 12 aromatic rings. The van der Waals surface area contributed by atoms with Gasteiger partial charge in [-0.1, -0.05) is 121 Å². The van der Waals surface area contributed by atoms with Crippen molar-refractivity contribution in [3.63, 3.8) is 0 Å². The largest absolute Gasteiger partial charge is 0.417 e. The fraction of sp³-hybridized carbons (Fsp3) is 0.0625. The third-order valence-electron chi connectivity index (χ3n) is 14.1. The minimum atomic E-state index is -5.12. The van der Waals surface area contributed by atoms with Crippen LogP contribution in [0.15, 0.2) is 206 Å². The summed E-state index contributed by atoms with van der Waals surface area (Å²) in [6.07, 6.45) is -14.7. The van der Waals surface area contributed by atoms with Crippen molar-refractivity contribution in [1.29, 1.82) is 0 Å². The number of para-hydroxylation sites is 2. The van der Waals surface area contributed by atoms with Crippen LogP contribution in [0.1, 0.15) is 22.3 Å². The number of hydrogen-bond acceptors (Lipinski definition) is 1. The lowest BCUT2D eigenvalue weighted by atomic mass is 9.95. The maximum absolute atomic E-state index is 14.7. The van der Waals surface area contributed by atoms with Gasteiger partial charge < -0.3 is 9.13 Å². The Morgan fingerprint density at radius 1 is 0.377 bits per heavy atom. The topological polar surface area (TPSA) is 27.1 Å². The molecule has 3 heterocycles. The van der Waals surface area contributed by atoms with E-state index in [4.69, 9.17) is 11.6 Å². The molecule has 0 unspecified atom stereocenters. The van der Waals surface area contributed by atoms with E-state index in [2.05, 4.69) is 4.85 Å². The number of fused-ring (bicyclic) bond motifs is 6. The lowest BCUT2D eigenvalue weighted by Crippen LogP contribution is -2.12. The summed E-state index contributed by atoms with van der Waals surface area (Å²) >= 11 is 0. The number of rotatable bonds is 7. The van der Waals surface area contributed by atoms with E-state index in [1.165, 1.54) is 12.1 Å². The van der Waals surface area contributed by atoms with Crippen LogP contribution in [0.4, 0.5) is 45.2 Å². The highest BCUT2D eigenvalue weighted by Crippen LogP contribution is 2.47. The Labute approximate surface area is 434 Å². The molecule has 3 aromatic heterocycles. The third-order valence-corrected chi connectivity index (χ3v) is 14.1. The average Bonchev–Trinajstić information content (AvgIpc) is 4.19. The zero-order chi connectivity index (χ0) is 53.5. The van der Waals surface area contributed by atoms with Gasteiger partial charge in [0, 0.05) is 32.7 Å². The lowest BCUT2D eigenvalue weighted by Gasteiger charge is -2.20. The first kappa shape index (κ1) is 48.5. The molecular formula is C64H37F9N4. The molecule has 376 valence electrons. The van der Waals surface area contributed by atoms with E-state index in [9.17, 15) is 39.5 Å². The standard InChI is InChI=1S/C64H37F9N4/c1-37-29-43(62(65,66)67)23-25-45(37)40-21-27-59-50(30-40)47-17-10-12-20-57(47)77(59)61-36-55(74-2)49(42-32-53(38-13-5-3-6-14-38)75-54(33-42)39-15-7-4-8-16-39)35-60(61)76-56-19-11-9-18-48(56)51-31-41(22-28-58(51)76)46-26-24-44(63(68,69)70)34-52(46)64(71,72)73/h3-36H,1H3. The van der Waals surface area contributed by atoms with Gasteiger partial charge in [-0.3, -0.25) is 0 Å². The smallest absolute Gasteiger partial charge is 0.308 e. The Morgan fingerprint density at radius 2 is 0.831 bits per heavy atom. The first-order chi connectivity index (χ1) is 36.9. The number of halogens is 9. The molecule has 0 atom stereocenters. The van der Waals surface area contributed by atoms with Gasteiger partial charge in [-0.05, 0) is 131 Å². The van der Waals surface area contributed by atoms with Gasteiger partial charge in [0.15, 0.2) is 5.69 Å². The maximum Gasteiger partial charge on any atom is 0.417 e. The number of aromatic nitrogens is 3. The number of nitrogens with zero attached hydrogens (tertiary/aromatic N) is 4. The molecule has 0 saturated carbocycles. The first-order valence-corrected chi connectivity index (χ1v) is 24.2. The van der Waals surface area contributed by atoms with E-state index < -0.39 is 40.8 Å². The van der Waals surface area contributed by atoms with Crippen molar-refractivity contribution in [1.82, 2.24) is 14.1 Å². The molecule has 4 nitrogen and oxygen atoms in total. The molecule has 0 radical (unpaired) electrons. The number of benzene rings is 9. The van der Waals surface area contributed by atoms with E-state index in [1.807, 2.05) is 155 Å². The summed E-state index contributed by atoms with van der Waals surface area (Å²) in [5, 5.41) is 2.72. The van der Waals surface area contributed by atoms with Gasteiger partial charge in [0.05, 0.1) is 68.1 Å². The monoisotopic (exact) mass is 1030 g/mol. The lowest BCUT2D eigenvalue weighted by molar-refractivity contribution is -0.143. The molecule has 77 heavy (non-hydrogen) atoms. The molecule has 0 N–H and O–H groups in total. The molecule has 0 saturated heterocycles. The van der Waals surface area contributed by atoms with Crippen LogP contribution >= 0.6 is 0 Å². The molecule has 0 fully saturated rings. The normalized spacial score (nSPS) is 12.3. The molecule has 0 aliphatic rings. The molecular weight excluding hydrogens is 996 g/mol. The summed E-state index contributed by atoms with van der Waals surface area (Å²) in [6.45, 7) is 10.5. The number of hydrogen-bond donors (Lipinski definition) is 0. The van der Waals surface area contributed by atoms with Crippen molar-refractivity contribution in [2.24, 2.45) is 0 Å². The van der Waals surface area contributed by atoms with Gasteiger partial charge in [0.1, 0.15) is 0 Å². The predicted molar refractivity (Wildman–Crippen MR) is 286 cm³/mol. The van der Waals surface area contributed by atoms with Crippen molar-refractivity contribution in [3.05, 3.63) is 240 Å². The van der Waals surface area contributed by atoms with Gasteiger partial charge in [-0.2, -0.15) is 39.5 Å². The Kier molecular flexibility index (Phi) is 11.4. The molecule has 12 rings (SSSR count). The second-order valence-electron chi connectivity index (χ2n) is 18.8. The molecule has 0 spiro atoms. The minimum Gasteiger partial charge on any atom is -0.308 e. The van der Waals surface area contributed by atoms with Crippen molar-refractivity contribution in [3.8, 4) is 67.3 Å². The molecule has 0 aliphatic heterocycles. The Bertz CT molecular complexity index is 4310. The molecule has 0 bridgehead atoms. The fourth-order valence-electron chi connectivity index (χ4n) is 10.6. The number of pyridine rings is 1. The zero-order valence-corrected chi connectivity index (χ0v) is 40.3. The van der Waals surface area contributed by atoms with Crippen LogP contribution in [0.2, 0.25) is 0 Å². The Hall–Kier alpha value is -9.41. The van der Waals surface area contributed by atoms with Crippen molar-refractivity contribution >= 4 is 49.3 Å². The van der Waals surface area contributed by atoms with E-state index in [0.29, 0.717) is 84.0 Å². The van der Waals surface area contributed by atoms with Crippen LogP contribution in [-0.2, 0) is 18.5 Å². The van der Waals surface area contributed by atoms with Crippen molar-refractivity contribution in [2.45, 2.75) is 25.5 Å². The Balaban J connectivity index is 1.16. The Morgan fingerprint density at radius 3 is 1.32 bits per heavy atom. The highest BCUT2D eigenvalue weighted by Gasteiger charge is 2.39. The second kappa shape index (κ2) is 18.2. The molecule has 0 amide bonds. The molecule has 13 heteroatoms. The maximum atomic E-state index is 14.7. The van der Waals surface area contributed by atoms with Crippen LogP contribution in [0.25, 0.3) is 116 Å². The van der Waals surface area contributed by atoms with Crippen molar-refractivity contribution in [2.75, 3.05) is 0 Å². The average molecular weight is 1030 g/mol. The van der Waals surface area contributed by atoms with Crippen LogP contribution in [0, 0.1) is 13.5 Å². The highest BCUT2D eigenvalue weighted by molar-refractivity contribution is 6.13. The van der Waals surface area contributed by atoms with Crippen LogP contribution in [0.3, 0.4) is 0 Å². The van der Waals surface area contributed by atoms with E-state index in [1.54, 1.807) is 25.1 Å². The third kappa shape index (κ3) is 8.52. The molecule has 9 aromatic carbocycles. The SMILES string of the molecule is [C-]#[N+]c1cc(-n2c3ccccc3c3cc(-c4ccc(C(F)(F)F)cc4C)ccc32)c(-n2c3ccccc3c3cc(-c4ccc(C(F)(F)F)cc4C(F)(F)F)ccc32)cc1-c1cc(-c2ccccc2)nc(-c2ccccc2)c1. The van der Waals surface area contributed by atoms with Gasteiger partial charge in [0.25, 0.3) is 0 Å². The summed E-state index contributed by atoms with van der Waals surface area (Å²) in [7, 11) is 0. The zero-order valence-electron chi connectivity index (χ0n) is 40.3. The van der Waals surface area contributed by atoms with Gasteiger partial charge >= 0.3 is 18.5 Å². The van der Waals surface area contributed by atoms with Crippen LogP contribution in [0.5, 0.6) is 0 Å². The summed E-state index contributed by atoms with van der Waals surface area (Å²) in [6, 6.07) is 57.6. The van der Waals surface area contributed by atoms with E-state index in [-0.39, 0.29) is 17.3 Å². The van der Waals surface area contributed by atoms with Gasteiger partial charge in [-0.25, -0.2) is 9.83 Å². The second-order valence-corrected chi connectivity index (χ2v) is 18.8. The van der Waals surface area contributed by atoms with E-state index in [0.717, 1.165) is 45.6 Å². The van der Waals surface area contributed by atoms with Crippen LogP contribution < -0.4 is 0 Å². The van der Waals surface area contributed by atoms with Gasteiger partial charge in [0.2, 0.25) is 0 Å². The fourth-order valence-corrected chi connectivity index (χ4v) is 10.6. The summed E-state index contributed by atoms with van der Waals surface area (Å²) in [5.41, 5.74) is 5.93. The molecule has 0 aliphatic carbocycles. The van der Waals surface area contributed by atoms with Crippen molar-refractivity contribution < 1.29 is 39.5 Å². The summed E-state index contributed by atoms with van der Waals surface area (Å²) < 4.78 is 131. The predicted octanol–water partition coefficient (Wildman–Crippen LogP) is 19.5. The number of aryl methyl sites for hydroxylation is 1. The van der Waals surface area contributed by atoms with E-state index >= 15 is 0 Å².